The monoisotopic (exact) mass is 384 g/mol. The van der Waals surface area contributed by atoms with Crippen LogP contribution in [-0.4, -0.2) is 17.7 Å². The molecule has 2 aromatic rings. The van der Waals surface area contributed by atoms with Crippen molar-refractivity contribution in [1.82, 2.24) is 5.32 Å². The Morgan fingerprint density at radius 1 is 1.28 bits per heavy atom. The molecule has 2 heterocycles. The number of halogens is 2. The van der Waals surface area contributed by atoms with Gasteiger partial charge in [0, 0.05) is 18.3 Å². The van der Waals surface area contributed by atoms with Crippen LogP contribution in [-0.2, 0) is 24.2 Å². The quantitative estimate of drug-likeness (QED) is 0.811. The van der Waals surface area contributed by atoms with Gasteiger partial charge in [-0.25, -0.2) is 0 Å². The molecule has 0 saturated heterocycles. The minimum absolute atomic E-state index is 0.223. The highest BCUT2D eigenvalue weighted by Crippen LogP contribution is 2.38. The maximum absolute atomic E-state index is 13.2. The molecule has 2 N–H and O–H groups in total. The Balaban J connectivity index is 1.86. The molecule has 2 aromatic heterocycles. The van der Waals surface area contributed by atoms with Gasteiger partial charge in [0.05, 0.1) is 5.56 Å². The molecule has 1 aliphatic carbocycles. The summed E-state index contributed by atoms with van der Waals surface area (Å²) in [5.74, 6) is -5.21. The second-order valence-electron chi connectivity index (χ2n) is 6.07. The maximum Gasteiger partial charge on any atom is 0.322 e. The van der Waals surface area contributed by atoms with Gasteiger partial charge >= 0.3 is 5.92 Å². The lowest BCUT2D eigenvalue weighted by Crippen LogP contribution is -2.32. The number of amides is 2. The Labute approximate surface area is 152 Å². The summed E-state index contributed by atoms with van der Waals surface area (Å²) in [6.07, 6.45) is 3.49. The predicted molar refractivity (Wildman–Crippen MR) is 95.7 cm³/mol. The number of anilines is 1. The van der Waals surface area contributed by atoms with Crippen molar-refractivity contribution in [2.75, 3.05) is 5.32 Å². The summed E-state index contributed by atoms with van der Waals surface area (Å²) >= 11 is 2.77. The van der Waals surface area contributed by atoms with Gasteiger partial charge in [-0.05, 0) is 53.6 Å². The molecule has 0 unspecified atom stereocenters. The fourth-order valence-corrected chi connectivity index (χ4v) is 4.72. The van der Waals surface area contributed by atoms with Crippen molar-refractivity contribution in [3.63, 3.8) is 0 Å². The van der Waals surface area contributed by atoms with Crippen molar-refractivity contribution >= 4 is 39.5 Å². The van der Waals surface area contributed by atoms with E-state index < -0.39 is 11.8 Å². The van der Waals surface area contributed by atoms with E-state index in [0.717, 1.165) is 41.7 Å². The second kappa shape index (κ2) is 7.21. The Morgan fingerprint density at radius 3 is 2.72 bits per heavy atom. The van der Waals surface area contributed by atoms with Gasteiger partial charge < -0.3 is 10.6 Å². The van der Waals surface area contributed by atoms with Gasteiger partial charge in [0.15, 0.2) is 0 Å². The average Bonchev–Trinajstić information content (AvgIpc) is 3.18. The van der Waals surface area contributed by atoms with Gasteiger partial charge in [0.1, 0.15) is 5.00 Å². The number of fused-ring (bicyclic) bond motifs is 1. The number of nitrogens with one attached hydrogen (secondary N) is 2. The van der Waals surface area contributed by atoms with Gasteiger partial charge in [-0.1, -0.05) is 0 Å². The van der Waals surface area contributed by atoms with Crippen LogP contribution in [0.2, 0.25) is 0 Å². The Kier molecular flexibility index (Phi) is 5.19. The molecule has 0 atom stereocenters. The summed E-state index contributed by atoms with van der Waals surface area (Å²) in [7, 11) is 0. The zero-order chi connectivity index (χ0) is 18.0. The van der Waals surface area contributed by atoms with Crippen LogP contribution < -0.4 is 10.6 Å². The lowest BCUT2D eigenvalue weighted by atomic mass is 9.95. The van der Waals surface area contributed by atoms with Crippen LogP contribution in [0.4, 0.5) is 13.8 Å². The molecular formula is C17H18F2N2O2S2. The second-order valence-corrected chi connectivity index (χ2v) is 7.96. The molecule has 2 amide bonds. The molecule has 4 nitrogen and oxygen atoms in total. The SMILES string of the molecule is CC(F)(F)C(=O)Nc1sc2c(c1C(=O)NCc1ccsc1)CCCC2. The fraction of sp³-hybridized carbons (Fsp3) is 0.412. The van der Waals surface area contributed by atoms with Crippen LogP contribution in [0.25, 0.3) is 0 Å². The molecule has 0 fully saturated rings. The molecule has 3 rings (SSSR count). The third-order valence-electron chi connectivity index (χ3n) is 4.06. The molecule has 8 heteroatoms. The lowest BCUT2D eigenvalue weighted by Gasteiger charge is -2.14. The van der Waals surface area contributed by atoms with Crippen molar-refractivity contribution < 1.29 is 18.4 Å². The number of carbonyl (C=O) groups is 2. The molecule has 25 heavy (non-hydrogen) atoms. The Hall–Kier alpha value is -1.80. The zero-order valence-corrected chi connectivity index (χ0v) is 15.3. The van der Waals surface area contributed by atoms with Gasteiger partial charge in [-0.15, -0.1) is 11.3 Å². The minimum Gasteiger partial charge on any atom is -0.348 e. The first-order valence-corrected chi connectivity index (χ1v) is 9.75. The van der Waals surface area contributed by atoms with E-state index in [2.05, 4.69) is 10.6 Å². The third kappa shape index (κ3) is 4.07. The molecule has 134 valence electrons. The van der Waals surface area contributed by atoms with E-state index in [0.29, 0.717) is 19.0 Å². The van der Waals surface area contributed by atoms with E-state index in [-0.39, 0.29) is 10.9 Å². The first kappa shape index (κ1) is 18.0. The summed E-state index contributed by atoms with van der Waals surface area (Å²) in [6, 6.07) is 1.91. The van der Waals surface area contributed by atoms with E-state index in [4.69, 9.17) is 0 Å². The Bertz CT molecular complexity index is 779. The third-order valence-corrected chi connectivity index (χ3v) is 6.00. The van der Waals surface area contributed by atoms with Crippen LogP contribution in [0.15, 0.2) is 16.8 Å². The first-order chi connectivity index (χ1) is 11.9. The van der Waals surface area contributed by atoms with Crippen LogP contribution in [0.5, 0.6) is 0 Å². The van der Waals surface area contributed by atoms with Crippen LogP contribution in [0, 0.1) is 0 Å². The number of hydrogen-bond acceptors (Lipinski definition) is 4. The van der Waals surface area contributed by atoms with Crippen LogP contribution in [0.3, 0.4) is 0 Å². The molecule has 0 aromatic carbocycles. The first-order valence-electron chi connectivity index (χ1n) is 7.99. The van der Waals surface area contributed by atoms with Crippen molar-refractivity contribution in [1.29, 1.82) is 0 Å². The highest BCUT2D eigenvalue weighted by atomic mass is 32.1. The van der Waals surface area contributed by atoms with Gasteiger partial charge in [-0.2, -0.15) is 20.1 Å². The maximum atomic E-state index is 13.2. The van der Waals surface area contributed by atoms with Gasteiger partial charge in [0.2, 0.25) is 0 Å². The van der Waals surface area contributed by atoms with Gasteiger partial charge in [0.25, 0.3) is 11.8 Å². The van der Waals surface area contributed by atoms with Gasteiger partial charge in [-0.3, -0.25) is 9.59 Å². The van der Waals surface area contributed by atoms with Crippen LogP contribution >= 0.6 is 22.7 Å². The van der Waals surface area contributed by atoms with E-state index in [9.17, 15) is 18.4 Å². The van der Waals surface area contributed by atoms with Crippen molar-refractivity contribution in [2.45, 2.75) is 45.1 Å². The zero-order valence-electron chi connectivity index (χ0n) is 13.7. The largest absolute Gasteiger partial charge is 0.348 e. The molecule has 0 bridgehead atoms. The predicted octanol–water partition coefficient (Wildman–Crippen LogP) is 4.21. The average molecular weight is 384 g/mol. The topological polar surface area (TPSA) is 58.2 Å². The Morgan fingerprint density at radius 2 is 2.04 bits per heavy atom. The number of alkyl halides is 2. The molecule has 0 spiro atoms. The molecule has 0 radical (unpaired) electrons. The molecule has 0 saturated carbocycles. The smallest absolute Gasteiger partial charge is 0.322 e. The van der Waals surface area contributed by atoms with E-state index in [1.54, 1.807) is 0 Å². The van der Waals surface area contributed by atoms with E-state index in [1.165, 1.54) is 22.7 Å². The molecule has 1 aliphatic rings. The summed E-state index contributed by atoms with van der Waals surface area (Å²) in [5, 5.41) is 9.16. The summed E-state index contributed by atoms with van der Waals surface area (Å²) in [5.41, 5.74) is 2.20. The number of carbonyl (C=O) groups excluding carboxylic acids is 2. The molecular weight excluding hydrogens is 366 g/mol. The van der Waals surface area contributed by atoms with E-state index in [1.807, 2.05) is 16.8 Å². The van der Waals surface area contributed by atoms with Crippen LogP contribution in [0.1, 0.15) is 46.1 Å². The number of hydrogen-bond donors (Lipinski definition) is 2. The van der Waals surface area contributed by atoms with Crippen molar-refractivity contribution in [3.05, 3.63) is 38.4 Å². The fourth-order valence-electron chi connectivity index (χ4n) is 2.77. The summed E-state index contributed by atoms with van der Waals surface area (Å²) in [6.45, 7) is 0.913. The van der Waals surface area contributed by atoms with E-state index >= 15 is 0 Å². The summed E-state index contributed by atoms with van der Waals surface area (Å²) < 4.78 is 26.5. The van der Waals surface area contributed by atoms with Crippen molar-refractivity contribution in [3.8, 4) is 0 Å². The highest BCUT2D eigenvalue weighted by Gasteiger charge is 2.35. The lowest BCUT2D eigenvalue weighted by molar-refractivity contribution is -0.137. The molecule has 0 aliphatic heterocycles. The minimum atomic E-state index is -3.49. The number of rotatable bonds is 5. The normalized spacial score (nSPS) is 14.0. The number of aryl methyl sites for hydroxylation is 1. The standard InChI is InChI=1S/C17H18F2N2O2S2/c1-17(18,19)16(23)21-15-13(11-4-2-3-5-12(11)25-15)14(22)20-8-10-6-7-24-9-10/h6-7,9H,2-5,8H2,1H3,(H,20,22)(H,21,23). The summed E-state index contributed by atoms with van der Waals surface area (Å²) in [4.78, 5) is 25.4. The van der Waals surface area contributed by atoms with Crippen molar-refractivity contribution in [2.24, 2.45) is 0 Å². The number of thiophene rings is 2. The highest BCUT2D eigenvalue weighted by molar-refractivity contribution is 7.17.